The number of nitrogens with zero attached hydrogens (tertiary/aromatic N) is 2. The minimum Gasteiger partial charge on any atom is -0.466 e. The van der Waals surface area contributed by atoms with Crippen molar-refractivity contribution in [2.75, 3.05) is 17.7 Å². The molecule has 2 aromatic rings. The minimum atomic E-state index is -4.68. The van der Waals surface area contributed by atoms with E-state index in [4.69, 9.17) is 10.5 Å². The molecule has 1 aromatic carbocycles. The number of esters is 1. The molecule has 0 spiro atoms. The van der Waals surface area contributed by atoms with Gasteiger partial charge in [0.1, 0.15) is 17.5 Å². The molecule has 2 rings (SSSR count). The van der Waals surface area contributed by atoms with Gasteiger partial charge in [-0.2, -0.15) is 13.2 Å². The fourth-order valence-corrected chi connectivity index (χ4v) is 2.51. The van der Waals surface area contributed by atoms with Crippen molar-refractivity contribution in [1.29, 1.82) is 0 Å². The van der Waals surface area contributed by atoms with Gasteiger partial charge in [0.2, 0.25) is 0 Å². The summed E-state index contributed by atoms with van der Waals surface area (Å²) in [4.78, 5) is 31.6. The zero-order valence-corrected chi connectivity index (χ0v) is 15.3. The number of hydrogen-bond acceptors (Lipinski definition) is 6. The second-order valence-electron chi connectivity index (χ2n) is 5.85. The number of nitrogens with two attached hydrogens (primary N) is 1. The topological polar surface area (TPSA) is 107 Å². The third-order valence-electron chi connectivity index (χ3n) is 3.68. The summed E-state index contributed by atoms with van der Waals surface area (Å²) in [5.41, 5.74) is 4.28. The maximum absolute atomic E-state index is 13.4. The van der Waals surface area contributed by atoms with Gasteiger partial charge < -0.3 is 15.8 Å². The second-order valence-corrected chi connectivity index (χ2v) is 5.85. The van der Waals surface area contributed by atoms with Gasteiger partial charge in [-0.25, -0.2) is 9.97 Å². The van der Waals surface area contributed by atoms with Crippen LogP contribution in [0.25, 0.3) is 0 Å². The molecule has 3 N–H and O–H groups in total. The number of hydrogen-bond donors (Lipinski definition) is 2. The first-order valence-electron chi connectivity index (χ1n) is 8.38. The molecule has 0 saturated carbocycles. The summed E-state index contributed by atoms with van der Waals surface area (Å²) in [5.74, 6) is -0.863. The number of carbonyl (C=O) groups excluding carboxylic acids is 2. The lowest BCUT2D eigenvalue weighted by molar-refractivity contribution is -0.144. The summed E-state index contributed by atoms with van der Waals surface area (Å²) in [5, 5.41) is 2.39. The van der Waals surface area contributed by atoms with E-state index in [2.05, 4.69) is 15.3 Å². The van der Waals surface area contributed by atoms with Gasteiger partial charge in [0.25, 0.3) is 5.91 Å². The van der Waals surface area contributed by atoms with Gasteiger partial charge >= 0.3 is 12.1 Å². The number of benzene rings is 1. The van der Waals surface area contributed by atoms with Gasteiger partial charge in [0.05, 0.1) is 12.2 Å². The molecule has 0 aliphatic heterocycles. The van der Waals surface area contributed by atoms with E-state index in [-0.39, 0.29) is 42.2 Å². The molecule has 0 radical (unpaired) electrons. The Bertz CT molecular complexity index is 865. The van der Waals surface area contributed by atoms with E-state index in [1.54, 1.807) is 13.8 Å². The molecular formula is C18H19F3N4O3. The number of carbonyl (C=O) groups is 2. The number of nitrogens with one attached hydrogen (secondary N) is 1. The molecule has 0 unspecified atom stereocenters. The molecule has 0 bridgehead atoms. The Morgan fingerprint density at radius 2 is 1.93 bits per heavy atom. The van der Waals surface area contributed by atoms with Crippen molar-refractivity contribution < 1.29 is 27.5 Å². The fraction of sp³-hybridized carbons (Fsp3) is 0.333. The summed E-state index contributed by atoms with van der Waals surface area (Å²) in [7, 11) is 0. The number of alkyl halides is 3. The van der Waals surface area contributed by atoms with Gasteiger partial charge in [-0.1, -0.05) is 6.07 Å². The standard InChI is InChI=1S/C18H19F3N4O3/c1-3-28-16(26)7-6-11-4-5-12(8-13(11)18(19,20)21)17(27)25-15-9-14(22)23-10(2)24-15/h4-5,8-9H,3,6-7H2,1-2H3,(H3,22,23,24,25,27). The van der Waals surface area contributed by atoms with E-state index < -0.39 is 23.6 Å². The average molecular weight is 396 g/mol. The van der Waals surface area contributed by atoms with Crippen LogP contribution in [-0.2, 0) is 22.1 Å². The quantitative estimate of drug-likeness (QED) is 0.727. The summed E-state index contributed by atoms with van der Waals surface area (Å²) in [6.45, 7) is 3.32. The van der Waals surface area contributed by atoms with Crippen LogP contribution >= 0.6 is 0 Å². The van der Waals surface area contributed by atoms with Crippen LogP contribution in [0.15, 0.2) is 24.3 Å². The lowest BCUT2D eigenvalue weighted by atomic mass is 9.99. The molecule has 28 heavy (non-hydrogen) atoms. The Hall–Kier alpha value is -3.17. The summed E-state index contributed by atoms with van der Waals surface area (Å²) in [6, 6.07) is 4.47. The molecule has 150 valence electrons. The number of rotatable bonds is 6. The van der Waals surface area contributed by atoms with Crippen LogP contribution in [0.5, 0.6) is 0 Å². The van der Waals surface area contributed by atoms with Crippen LogP contribution in [0.3, 0.4) is 0 Å². The number of halogens is 3. The third-order valence-corrected chi connectivity index (χ3v) is 3.68. The Kier molecular flexibility index (Phi) is 6.55. The molecule has 7 nitrogen and oxygen atoms in total. The van der Waals surface area contributed by atoms with E-state index in [9.17, 15) is 22.8 Å². The molecule has 10 heteroatoms. The van der Waals surface area contributed by atoms with Crippen molar-refractivity contribution in [3.63, 3.8) is 0 Å². The highest BCUT2D eigenvalue weighted by atomic mass is 19.4. The average Bonchev–Trinajstić information content (AvgIpc) is 2.58. The number of aromatic nitrogens is 2. The number of ether oxygens (including phenoxy) is 1. The van der Waals surface area contributed by atoms with Gasteiger partial charge in [-0.3, -0.25) is 9.59 Å². The molecule has 1 heterocycles. The molecule has 0 saturated heterocycles. The Morgan fingerprint density at radius 1 is 1.21 bits per heavy atom. The monoisotopic (exact) mass is 396 g/mol. The van der Waals surface area contributed by atoms with E-state index in [0.29, 0.717) is 5.82 Å². The Morgan fingerprint density at radius 3 is 2.54 bits per heavy atom. The number of nitrogen functional groups attached to an aromatic ring is 1. The molecule has 0 aliphatic carbocycles. The maximum Gasteiger partial charge on any atom is 0.416 e. The molecule has 1 aromatic heterocycles. The highest BCUT2D eigenvalue weighted by Crippen LogP contribution is 2.33. The minimum absolute atomic E-state index is 0.0787. The Labute approximate surface area is 159 Å². The van der Waals surface area contributed by atoms with Gasteiger partial charge in [0.15, 0.2) is 0 Å². The normalized spacial score (nSPS) is 11.2. The van der Waals surface area contributed by atoms with Crippen molar-refractivity contribution in [3.8, 4) is 0 Å². The Balaban J connectivity index is 2.25. The summed E-state index contributed by atoms with van der Waals surface area (Å²) >= 11 is 0. The van der Waals surface area contributed by atoms with Crippen LogP contribution in [0.1, 0.15) is 40.7 Å². The zero-order valence-electron chi connectivity index (χ0n) is 15.3. The predicted molar refractivity (Wildman–Crippen MR) is 95.5 cm³/mol. The van der Waals surface area contributed by atoms with Crippen LogP contribution in [0, 0.1) is 6.92 Å². The number of anilines is 2. The SMILES string of the molecule is CCOC(=O)CCc1ccc(C(=O)Nc2cc(N)nc(C)n2)cc1C(F)(F)F. The first kappa shape index (κ1) is 21.1. The van der Waals surface area contributed by atoms with Crippen molar-refractivity contribution in [2.24, 2.45) is 0 Å². The largest absolute Gasteiger partial charge is 0.466 e. The smallest absolute Gasteiger partial charge is 0.416 e. The van der Waals surface area contributed by atoms with Crippen LogP contribution in [-0.4, -0.2) is 28.5 Å². The predicted octanol–water partition coefficient (Wildman–Crippen LogP) is 3.13. The molecule has 1 amide bonds. The first-order chi connectivity index (χ1) is 13.1. The third kappa shape index (κ3) is 5.66. The number of amides is 1. The van der Waals surface area contributed by atoms with Crippen molar-refractivity contribution in [2.45, 2.75) is 32.9 Å². The molecule has 0 atom stereocenters. The van der Waals surface area contributed by atoms with E-state index in [1.807, 2.05) is 0 Å². The van der Waals surface area contributed by atoms with Gasteiger partial charge in [-0.05, 0) is 38.0 Å². The van der Waals surface area contributed by atoms with Crippen LogP contribution < -0.4 is 11.1 Å². The van der Waals surface area contributed by atoms with Gasteiger partial charge in [-0.15, -0.1) is 0 Å². The second kappa shape index (κ2) is 8.68. The zero-order chi connectivity index (χ0) is 20.9. The van der Waals surface area contributed by atoms with E-state index >= 15 is 0 Å². The van der Waals surface area contributed by atoms with E-state index in [0.717, 1.165) is 6.07 Å². The lowest BCUT2D eigenvalue weighted by Gasteiger charge is -2.14. The summed E-state index contributed by atoms with van der Waals surface area (Å²) in [6.07, 6.45) is -5.03. The van der Waals surface area contributed by atoms with E-state index in [1.165, 1.54) is 18.2 Å². The number of aryl methyl sites for hydroxylation is 2. The van der Waals surface area contributed by atoms with Gasteiger partial charge in [0, 0.05) is 18.1 Å². The highest BCUT2D eigenvalue weighted by molar-refractivity contribution is 6.04. The van der Waals surface area contributed by atoms with Crippen LogP contribution in [0.2, 0.25) is 0 Å². The van der Waals surface area contributed by atoms with Crippen molar-refractivity contribution in [1.82, 2.24) is 9.97 Å². The van der Waals surface area contributed by atoms with Crippen molar-refractivity contribution in [3.05, 3.63) is 46.8 Å². The van der Waals surface area contributed by atoms with Crippen molar-refractivity contribution >= 4 is 23.5 Å². The fourth-order valence-electron chi connectivity index (χ4n) is 2.51. The summed E-state index contributed by atoms with van der Waals surface area (Å²) < 4.78 is 45.0. The molecule has 0 aliphatic rings. The molecular weight excluding hydrogens is 377 g/mol. The highest BCUT2D eigenvalue weighted by Gasteiger charge is 2.34. The van der Waals surface area contributed by atoms with Crippen LogP contribution in [0.4, 0.5) is 24.8 Å². The molecule has 0 fully saturated rings. The first-order valence-corrected chi connectivity index (χ1v) is 8.38. The lowest BCUT2D eigenvalue weighted by Crippen LogP contribution is -2.17. The maximum atomic E-state index is 13.4.